The first-order chi connectivity index (χ1) is 26.0. The minimum absolute atomic E-state index is 0.117. The van der Waals surface area contributed by atoms with Crippen LogP contribution >= 0.6 is 0 Å². The normalized spacial score (nSPS) is 52.1. The van der Waals surface area contributed by atoms with Crippen LogP contribution in [0, 0.1) is 28.6 Å². The molecule has 21 atom stereocenters. The fraction of sp³-hybridized carbons (Fsp3) is 0.919. The van der Waals surface area contributed by atoms with Crippen LogP contribution < -0.4 is 0 Å². The molecule has 0 bridgehead atoms. The molecule has 6 aliphatic rings. The van der Waals surface area contributed by atoms with Gasteiger partial charge in [-0.15, -0.1) is 0 Å². The highest BCUT2D eigenvalue weighted by Gasteiger charge is 2.61. The zero-order valence-electron chi connectivity index (χ0n) is 31.2. The van der Waals surface area contributed by atoms with Gasteiger partial charge in [0.15, 0.2) is 12.6 Å². The largest absolute Gasteiger partial charge is 0.432 e. The van der Waals surface area contributed by atoms with Gasteiger partial charge in [-0.3, -0.25) is 4.79 Å². The van der Waals surface area contributed by atoms with Crippen LogP contribution in [-0.2, 0) is 33.2 Å². The molecule has 3 aliphatic carbocycles. The summed E-state index contributed by atoms with van der Waals surface area (Å²) in [7, 11) is 0. The van der Waals surface area contributed by atoms with Gasteiger partial charge in [-0.1, -0.05) is 19.9 Å². The highest BCUT2D eigenvalue weighted by atomic mass is 16.7. The fourth-order valence-electron chi connectivity index (χ4n) is 10.6. The molecule has 3 saturated carbocycles. The number of carbonyl (C=O) groups is 1. The van der Waals surface area contributed by atoms with Crippen molar-refractivity contribution in [2.45, 2.75) is 163 Å². The van der Waals surface area contributed by atoms with E-state index in [1.54, 1.807) is 0 Å². The maximum Gasteiger partial charge on any atom is 0.314 e. The number of hydrogen-bond acceptors (Lipinski definition) is 18. The van der Waals surface area contributed by atoms with Gasteiger partial charge in [0.2, 0.25) is 6.29 Å². The molecule has 18 heteroatoms. The molecule has 0 aromatic heterocycles. The molecule has 0 radical (unpaired) electrons. The summed E-state index contributed by atoms with van der Waals surface area (Å²) < 4.78 is 34.5. The lowest BCUT2D eigenvalue weighted by Gasteiger charge is -2.59. The number of fused-ring (bicyclic) bond motifs is 3. The number of ether oxygens (including phenoxy) is 6. The van der Waals surface area contributed by atoms with Gasteiger partial charge >= 0.3 is 5.97 Å². The third kappa shape index (κ3) is 7.89. The second kappa shape index (κ2) is 17.0. The molecular weight excluding hydrogens is 732 g/mol. The lowest BCUT2D eigenvalue weighted by Crippen LogP contribution is -2.65. The van der Waals surface area contributed by atoms with Crippen LogP contribution in [0.3, 0.4) is 0 Å². The Morgan fingerprint density at radius 1 is 0.673 bits per heavy atom. The summed E-state index contributed by atoms with van der Waals surface area (Å²) in [5, 5.41) is 114. The van der Waals surface area contributed by atoms with Gasteiger partial charge in [0, 0.05) is 0 Å². The number of rotatable bonds is 9. The molecule has 3 heterocycles. The minimum atomic E-state index is -1.81. The van der Waals surface area contributed by atoms with Crippen molar-refractivity contribution in [3.05, 3.63) is 12.2 Å². The van der Waals surface area contributed by atoms with Crippen LogP contribution in [0.5, 0.6) is 0 Å². The summed E-state index contributed by atoms with van der Waals surface area (Å²) in [6, 6.07) is 0. The van der Waals surface area contributed by atoms with Gasteiger partial charge in [-0.25, -0.2) is 0 Å². The molecule has 0 aromatic rings. The van der Waals surface area contributed by atoms with E-state index in [0.29, 0.717) is 32.1 Å². The molecule has 316 valence electrons. The fourth-order valence-corrected chi connectivity index (χ4v) is 10.6. The number of aliphatic hydroxyl groups is 11. The minimum Gasteiger partial charge on any atom is -0.432 e. The van der Waals surface area contributed by atoms with Gasteiger partial charge in [0.05, 0.1) is 31.3 Å². The number of aliphatic hydroxyl groups excluding tert-OH is 11. The number of hydrogen-bond donors (Lipinski definition) is 11. The standard InChI is InChI=1S/C37H60O18/c1-15-11-16-5-8-22-36(2,9-4-10-37(22,3)35(49)55-33-29(47)27(45)24(42)20(13-39)52-33)17(16)6-7-18(15)50-34-30(48)31(25(43)21(14-40)53-34)54-32-28(46)26(44)23(41)19(12-38)51-32/h16-34,38-48H,1,4-14H2,2-3H3/t16?,17-,18?,19?,20?,21?,22?,23?,24?,25?,26?,27?,28?,29?,30?,31?,32?,33?,34?,36+,37-/m1/s1. The van der Waals surface area contributed by atoms with Gasteiger partial charge in [-0.05, 0) is 80.6 Å². The average Bonchev–Trinajstić information content (AvgIpc) is 3.32. The van der Waals surface area contributed by atoms with Gasteiger partial charge in [-0.2, -0.15) is 0 Å². The van der Waals surface area contributed by atoms with E-state index in [1.807, 2.05) is 6.92 Å². The van der Waals surface area contributed by atoms with E-state index in [9.17, 15) is 61.0 Å². The van der Waals surface area contributed by atoms with Crippen LogP contribution in [0.4, 0.5) is 0 Å². The van der Waals surface area contributed by atoms with Crippen molar-refractivity contribution >= 4 is 5.97 Å². The molecule has 55 heavy (non-hydrogen) atoms. The maximum atomic E-state index is 14.0. The Hall–Kier alpha value is -1.43. The van der Waals surface area contributed by atoms with Crippen molar-refractivity contribution in [3.63, 3.8) is 0 Å². The first-order valence-electron chi connectivity index (χ1n) is 19.4. The zero-order valence-corrected chi connectivity index (χ0v) is 31.2. The Bertz CT molecular complexity index is 1330. The predicted molar refractivity (Wildman–Crippen MR) is 184 cm³/mol. The lowest BCUT2D eigenvalue weighted by molar-refractivity contribution is -0.362. The Labute approximate surface area is 319 Å². The topological polar surface area (TPSA) is 295 Å². The summed E-state index contributed by atoms with van der Waals surface area (Å²) in [6.07, 6.45) is -18.9. The highest BCUT2D eigenvalue weighted by molar-refractivity contribution is 5.77. The molecule has 6 rings (SSSR count). The van der Waals surface area contributed by atoms with E-state index in [-0.39, 0.29) is 23.2 Å². The van der Waals surface area contributed by atoms with Crippen molar-refractivity contribution in [1.82, 2.24) is 0 Å². The van der Waals surface area contributed by atoms with Crippen molar-refractivity contribution in [1.29, 1.82) is 0 Å². The van der Waals surface area contributed by atoms with E-state index in [1.165, 1.54) is 0 Å². The van der Waals surface area contributed by atoms with E-state index in [0.717, 1.165) is 24.8 Å². The Kier molecular flexibility index (Phi) is 13.4. The molecule has 11 N–H and O–H groups in total. The molecule has 6 fully saturated rings. The third-order valence-electron chi connectivity index (χ3n) is 13.7. The predicted octanol–water partition coefficient (Wildman–Crippen LogP) is -3.08. The second-order valence-electron chi connectivity index (χ2n) is 16.9. The summed E-state index contributed by atoms with van der Waals surface area (Å²) in [5.74, 6) is -0.385. The van der Waals surface area contributed by atoms with Crippen LogP contribution in [0.25, 0.3) is 0 Å². The smallest absolute Gasteiger partial charge is 0.314 e. The average molecular weight is 793 g/mol. The van der Waals surface area contributed by atoms with Crippen LogP contribution in [0.2, 0.25) is 0 Å². The van der Waals surface area contributed by atoms with Crippen LogP contribution in [-0.4, -0.2) is 180 Å². The zero-order chi connectivity index (χ0) is 40.1. The van der Waals surface area contributed by atoms with E-state index < -0.39 is 129 Å². The molecule has 3 aliphatic heterocycles. The molecule has 18 nitrogen and oxygen atoms in total. The Morgan fingerprint density at radius 3 is 1.82 bits per heavy atom. The van der Waals surface area contributed by atoms with Gasteiger partial charge in [0.25, 0.3) is 0 Å². The SMILES string of the molecule is C=C1CC2CCC3[C@](C)(C(=O)OC4OC(CO)C(O)C(O)C4O)CCC[C@@]3(C)[C@@H]2CCC1OC1OC(CO)C(O)C(OC2OC(CO)C(O)C(O)C2O)C1O. The molecular formula is C37H60O18. The molecule has 0 aromatic carbocycles. The molecule has 3 saturated heterocycles. The van der Waals surface area contributed by atoms with Crippen molar-refractivity contribution in [2.24, 2.45) is 28.6 Å². The summed E-state index contributed by atoms with van der Waals surface area (Å²) in [5.41, 5.74) is -0.535. The molecule has 0 amide bonds. The van der Waals surface area contributed by atoms with Crippen LogP contribution in [0.1, 0.15) is 65.2 Å². The van der Waals surface area contributed by atoms with E-state index >= 15 is 0 Å². The summed E-state index contributed by atoms with van der Waals surface area (Å²) in [4.78, 5) is 14.0. The number of esters is 1. The number of carbonyl (C=O) groups excluding carboxylic acids is 1. The highest BCUT2D eigenvalue weighted by Crippen LogP contribution is 2.64. The van der Waals surface area contributed by atoms with Crippen molar-refractivity contribution in [3.8, 4) is 0 Å². The first kappa shape index (κ1) is 43.2. The first-order valence-corrected chi connectivity index (χ1v) is 19.4. The van der Waals surface area contributed by atoms with E-state index in [2.05, 4.69) is 13.5 Å². The summed E-state index contributed by atoms with van der Waals surface area (Å²) in [6.45, 7) is 6.34. The van der Waals surface area contributed by atoms with Crippen LogP contribution in [0.15, 0.2) is 12.2 Å². The monoisotopic (exact) mass is 792 g/mol. The maximum absolute atomic E-state index is 14.0. The lowest BCUT2D eigenvalue weighted by atomic mass is 9.45. The molecule has 18 unspecified atom stereocenters. The van der Waals surface area contributed by atoms with E-state index in [4.69, 9.17) is 28.4 Å². The Balaban J connectivity index is 1.14. The van der Waals surface area contributed by atoms with Gasteiger partial charge in [0.1, 0.15) is 73.2 Å². The Morgan fingerprint density at radius 2 is 1.22 bits per heavy atom. The van der Waals surface area contributed by atoms with Crippen molar-refractivity contribution < 1.29 is 89.4 Å². The van der Waals surface area contributed by atoms with Crippen molar-refractivity contribution in [2.75, 3.05) is 19.8 Å². The third-order valence-corrected chi connectivity index (χ3v) is 13.7. The molecule has 0 spiro atoms. The quantitative estimate of drug-likeness (QED) is 0.0815. The second-order valence-corrected chi connectivity index (χ2v) is 16.9. The summed E-state index contributed by atoms with van der Waals surface area (Å²) >= 11 is 0. The van der Waals surface area contributed by atoms with Gasteiger partial charge < -0.3 is 84.6 Å².